The Morgan fingerprint density at radius 3 is 2.00 bits per heavy atom. The number of unbranched alkanes of at least 4 members (excludes halogenated alkanes) is 3. The van der Waals surface area contributed by atoms with E-state index in [4.69, 9.17) is 0 Å². The van der Waals surface area contributed by atoms with Crippen molar-refractivity contribution in [3.05, 3.63) is 6.92 Å². The molecular weight excluding hydrogens is 158 g/mol. The molecular formula is C6H14Rb. The summed E-state index contributed by atoms with van der Waals surface area (Å²) >= 11 is 0. The summed E-state index contributed by atoms with van der Waals surface area (Å²) in [7, 11) is 0. The predicted molar refractivity (Wildman–Crippen MR) is 36.6 cm³/mol. The van der Waals surface area contributed by atoms with Gasteiger partial charge in [0.25, 0.3) is 0 Å². The maximum absolute atomic E-state index is 3.72. The average Bonchev–Trinajstić information content (AvgIpc) is 1.61. The minimum absolute atomic E-state index is 0. The molecule has 0 unspecified atom stereocenters. The SMILES string of the molecule is [CH2]CCCCC.[RbH]. The molecule has 0 saturated heterocycles. The predicted octanol–water partition coefficient (Wildman–Crippen LogP) is 1.75. The molecule has 0 atom stereocenters. The summed E-state index contributed by atoms with van der Waals surface area (Å²) in [6.07, 6.45) is 5.07. The quantitative estimate of drug-likeness (QED) is 0.568. The Hall–Kier alpha value is 1.81. The average molecular weight is 172 g/mol. The number of hydrogen-bond donors (Lipinski definition) is 0. The molecule has 0 aliphatic rings. The van der Waals surface area contributed by atoms with E-state index in [0.29, 0.717) is 0 Å². The molecule has 0 heterocycles. The number of hydrogen-bond acceptors (Lipinski definition) is 0. The second-order valence-electron chi connectivity index (χ2n) is 1.56. The Bertz CT molecular complexity index is 16.1. The summed E-state index contributed by atoms with van der Waals surface area (Å²) in [5.41, 5.74) is 0. The van der Waals surface area contributed by atoms with Crippen LogP contribution in [0.4, 0.5) is 0 Å². The fraction of sp³-hybridized carbons (Fsp3) is 0.833. The topological polar surface area (TPSA) is 0 Å². The minimum atomic E-state index is 0. The van der Waals surface area contributed by atoms with Gasteiger partial charge in [0.15, 0.2) is 0 Å². The molecule has 0 N–H and O–H groups in total. The van der Waals surface area contributed by atoms with Gasteiger partial charge in [-0.25, -0.2) is 0 Å². The van der Waals surface area contributed by atoms with Gasteiger partial charge >= 0.3 is 58.2 Å². The second kappa shape index (κ2) is 10.7. The molecule has 1 heteroatoms. The Kier molecular flexibility index (Phi) is 17.7. The van der Waals surface area contributed by atoms with Crippen LogP contribution < -0.4 is 0 Å². The summed E-state index contributed by atoms with van der Waals surface area (Å²) in [4.78, 5) is 0. The van der Waals surface area contributed by atoms with E-state index >= 15 is 0 Å². The molecule has 0 fully saturated rings. The van der Waals surface area contributed by atoms with E-state index in [9.17, 15) is 0 Å². The van der Waals surface area contributed by atoms with E-state index in [1.54, 1.807) is 0 Å². The third kappa shape index (κ3) is 11.4. The van der Waals surface area contributed by atoms with Crippen LogP contribution in [0.5, 0.6) is 0 Å². The van der Waals surface area contributed by atoms with Crippen molar-refractivity contribution in [1.82, 2.24) is 0 Å². The molecule has 0 aliphatic heterocycles. The maximum atomic E-state index is 3.72. The van der Waals surface area contributed by atoms with Crippen molar-refractivity contribution in [2.45, 2.75) is 32.6 Å². The molecule has 0 aromatic rings. The van der Waals surface area contributed by atoms with E-state index in [0.717, 1.165) is 6.42 Å². The van der Waals surface area contributed by atoms with Crippen LogP contribution in [0.3, 0.4) is 0 Å². The second-order valence-corrected chi connectivity index (χ2v) is 1.56. The summed E-state index contributed by atoms with van der Waals surface area (Å²) in [5, 5.41) is 0. The normalized spacial score (nSPS) is 7.71. The van der Waals surface area contributed by atoms with Crippen LogP contribution in [0.2, 0.25) is 0 Å². The Labute approximate surface area is 95.9 Å². The van der Waals surface area contributed by atoms with Crippen molar-refractivity contribution in [2.75, 3.05) is 0 Å². The Morgan fingerprint density at radius 1 is 1.29 bits per heavy atom. The summed E-state index contributed by atoms with van der Waals surface area (Å²) in [5.74, 6) is 0. The van der Waals surface area contributed by atoms with Crippen LogP contribution in [0, 0.1) is 6.92 Å². The molecule has 39 valence electrons. The number of rotatable bonds is 3. The van der Waals surface area contributed by atoms with Gasteiger partial charge in [-0.2, -0.15) is 0 Å². The standard InChI is InChI=1S/C6H13.Rb.H/c1-3-5-6-4-2;;/h1,3-6H2,2H3;;. The summed E-state index contributed by atoms with van der Waals surface area (Å²) in [6.45, 7) is 5.93. The third-order valence-electron chi connectivity index (χ3n) is 0.854. The van der Waals surface area contributed by atoms with Gasteiger partial charge in [-0.15, -0.1) is 0 Å². The zero-order valence-corrected chi connectivity index (χ0v) is 4.54. The van der Waals surface area contributed by atoms with Crippen molar-refractivity contribution in [3.63, 3.8) is 0 Å². The molecule has 7 heavy (non-hydrogen) atoms. The van der Waals surface area contributed by atoms with Crippen LogP contribution in [-0.4, -0.2) is 58.2 Å². The van der Waals surface area contributed by atoms with Crippen molar-refractivity contribution in [2.24, 2.45) is 0 Å². The van der Waals surface area contributed by atoms with Crippen LogP contribution in [0.1, 0.15) is 32.6 Å². The van der Waals surface area contributed by atoms with E-state index in [2.05, 4.69) is 13.8 Å². The molecule has 0 aromatic heterocycles. The van der Waals surface area contributed by atoms with Crippen molar-refractivity contribution >= 4 is 58.2 Å². The summed E-state index contributed by atoms with van der Waals surface area (Å²) < 4.78 is 0. The fourth-order valence-corrected chi connectivity index (χ4v) is 0.427. The first-order chi connectivity index (χ1) is 2.91. The van der Waals surface area contributed by atoms with Gasteiger partial charge < -0.3 is 0 Å². The molecule has 0 aromatic carbocycles. The van der Waals surface area contributed by atoms with Crippen LogP contribution in [0.25, 0.3) is 0 Å². The molecule has 0 bridgehead atoms. The van der Waals surface area contributed by atoms with Crippen molar-refractivity contribution in [1.29, 1.82) is 0 Å². The van der Waals surface area contributed by atoms with Gasteiger partial charge in [0.2, 0.25) is 0 Å². The van der Waals surface area contributed by atoms with Crippen molar-refractivity contribution < 1.29 is 0 Å². The van der Waals surface area contributed by atoms with Crippen molar-refractivity contribution in [3.8, 4) is 0 Å². The molecule has 0 spiro atoms. The monoisotopic (exact) mass is 171 g/mol. The van der Waals surface area contributed by atoms with E-state index in [-0.39, 0.29) is 58.2 Å². The molecule has 0 aliphatic carbocycles. The van der Waals surface area contributed by atoms with E-state index in [1.165, 1.54) is 19.3 Å². The van der Waals surface area contributed by atoms with Gasteiger partial charge in [-0.1, -0.05) is 39.5 Å². The third-order valence-corrected chi connectivity index (χ3v) is 0.854. The molecule has 0 amide bonds. The van der Waals surface area contributed by atoms with Crippen LogP contribution >= 0.6 is 0 Å². The molecule has 0 saturated carbocycles. The van der Waals surface area contributed by atoms with E-state index < -0.39 is 0 Å². The molecule has 0 rings (SSSR count). The molecule has 0 nitrogen and oxygen atoms in total. The zero-order valence-electron chi connectivity index (χ0n) is 4.54. The first kappa shape index (κ1) is 11.6. The Balaban J connectivity index is 0. The van der Waals surface area contributed by atoms with Gasteiger partial charge in [0.05, 0.1) is 0 Å². The fourth-order valence-electron chi connectivity index (χ4n) is 0.427. The van der Waals surface area contributed by atoms with Crippen LogP contribution in [0.15, 0.2) is 0 Å². The first-order valence-corrected chi connectivity index (χ1v) is 2.71. The van der Waals surface area contributed by atoms with Gasteiger partial charge in [-0.05, 0) is 0 Å². The van der Waals surface area contributed by atoms with Gasteiger partial charge in [0.1, 0.15) is 0 Å². The molecule has 1 radical (unpaired) electrons. The zero-order chi connectivity index (χ0) is 4.83. The van der Waals surface area contributed by atoms with Crippen LogP contribution in [-0.2, 0) is 0 Å². The van der Waals surface area contributed by atoms with E-state index in [1.807, 2.05) is 0 Å². The summed E-state index contributed by atoms with van der Waals surface area (Å²) in [6, 6.07) is 0. The van der Waals surface area contributed by atoms with Gasteiger partial charge in [-0.3, -0.25) is 0 Å². The Morgan fingerprint density at radius 2 is 1.86 bits per heavy atom. The first-order valence-electron chi connectivity index (χ1n) is 2.71. The van der Waals surface area contributed by atoms with Gasteiger partial charge in [0, 0.05) is 0 Å².